The smallest absolute Gasteiger partial charge is 0.200 e. The molecule has 1 atom stereocenters. The van der Waals surface area contributed by atoms with E-state index >= 15 is 0 Å². The van der Waals surface area contributed by atoms with Crippen molar-refractivity contribution in [3.63, 3.8) is 0 Å². The summed E-state index contributed by atoms with van der Waals surface area (Å²) in [6, 6.07) is 18.0. The summed E-state index contributed by atoms with van der Waals surface area (Å²) in [5.74, 6) is 0.826. The molecule has 0 saturated heterocycles. The Balaban J connectivity index is 1.92. The maximum Gasteiger partial charge on any atom is 0.200 e. The molecule has 110 valence electrons. The summed E-state index contributed by atoms with van der Waals surface area (Å²) in [6.07, 6.45) is 3.49. The molecule has 0 aliphatic rings. The van der Waals surface area contributed by atoms with Crippen molar-refractivity contribution in [1.29, 1.82) is 0 Å². The molecule has 0 heterocycles. The molecule has 0 aliphatic heterocycles. The Bertz CT molecular complexity index is 531. The van der Waals surface area contributed by atoms with Gasteiger partial charge in [0.1, 0.15) is 5.75 Å². The van der Waals surface area contributed by atoms with E-state index in [4.69, 9.17) is 9.47 Å². The minimum atomic E-state index is -0.218. The molecule has 0 aromatic heterocycles. The number of ether oxygens (including phenoxy) is 2. The fourth-order valence-corrected chi connectivity index (χ4v) is 2.01. The van der Waals surface area contributed by atoms with Gasteiger partial charge in [0.25, 0.3) is 0 Å². The Morgan fingerprint density at radius 3 is 2.38 bits per heavy atom. The van der Waals surface area contributed by atoms with E-state index in [-0.39, 0.29) is 6.29 Å². The standard InChI is InChI=1S/C19H22O2/c1-3-8-19(20-15-17-9-6-5-7-10-17)21-18-13-11-16(4-2)12-14-18/h4-7,9-14,19H,2-3,8,15H2,1H3. The zero-order chi connectivity index (χ0) is 14.9. The van der Waals surface area contributed by atoms with Gasteiger partial charge in [-0.1, -0.05) is 68.5 Å². The van der Waals surface area contributed by atoms with Crippen molar-refractivity contribution < 1.29 is 9.47 Å². The molecule has 0 radical (unpaired) electrons. The summed E-state index contributed by atoms with van der Waals surface area (Å²) in [6.45, 7) is 6.44. The summed E-state index contributed by atoms with van der Waals surface area (Å²) >= 11 is 0. The molecule has 2 aromatic carbocycles. The quantitative estimate of drug-likeness (QED) is 0.631. The predicted octanol–water partition coefficient (Wildman–Crippen LogP) is 5.05. The van der Waals surface area contributed by atoms with Crippen LogP contribution in [-0.4, -0.2) is 6.29 Å². The molecule has 2 aromatic rings. The summed E-state index contributed by atoms with van der Waals surface area (Å²) in [5, 5.41) is 0. The van der Waals surface area contributed by atoms with Crippen molar-refractivity contribution in [3.05, 3.63) is 72.3 Å². The summed E-state index contributed by atoms with van der Waals surface area (Å²) < 4.78 is 11.8. The SMILES string of the molecule is C=Cc1ccc(OC(CCC)OCc2ccccc2)cc1. The van der Waals surface area contributed by atoms with E-state index in [1.165, 1.54) is 0 Å². The van der Waals surface area contributed by atoms with Crippen molar-refractivity contribution in [2.45, 2.75) is 32.7 Å². The van der Waals surface area contributed by atoms with Crippen LogP contribution >= 0.6 is 0 Å². The van der Waals surface area contributed by atoms with E-state index in [1.54, 1.807) is 0 Å². The van der Waals surface area contributed by atoms with Crippen molar-refractivity contribution >= 4 is 6.08 Å². The van der Waals surface area contributed by atoms with Crippen LogP contribution in [0, 0.1) is 0 Å². The monoisotopic (exact) mass is 282 g/mol. The first-order chi connectivity index (χ1) is 10.3. The average Bonchev–Trinajstić information content (AvgIpc) is 2.54. The van der Waals surface area contributed by atoms with Gasteiger partial charge in [-0.25, -0.2) is 0 Å². The van der Waals surface area contributed by atoms with Crippen LogP contribution in [0.2, 0.25) is 0 Å². The van der Waals surface area contributed by atoms with Crippen molar-refractivity contribution in [2.24, 2.45) is 0 Å². The van der Waals surface area contributed by atoms with Gasteiger partial charge in [0, 0.05) is 6.42 Å². The van der Waals surface area contributed by atoms with E-state index in [0.717, 1.165) is 29.7 Å². The summed E-state index contributed by atoms with van der Waals surface area (Å²) in [4.78, 5) is 0. The molecule has 2 nitrogen and oxygen atoms in total. The van der Waals surface area contributed by atoms with E-state index in [0.29, 0.717) is 6.61 Å². The Hall–Kier alpha value is -2.06. The van der Waals surface area contributed by atoms with Crippen LogP contribution < -0.4 is 4.74 Å². The van der Waals surface area contributed by atoms with Crippen LogP contribution in [0.25, 0.3) is 6.08 Å². The molecule has 21 heavy (non-hydrogen) atoms. The van der Waals surface area contributed by atoms with Crippen LogP contribution in [0.3, 0.4) is 0 Å². The highest BCUT2D eigenvalue weighted by atomic mass is 16.7. The normalized spacial score (nSPS) is 11.9. The van der Waals surface area contributed by atoms with Gasteiger partial charge in [0.15, 0.2) is 6.29 Å². The molecule has 0 amide bonds. The van der Waals surface area contributed by atoms with E-state index < -0.39 is 0 Å². The maximum absolute atomic E-state index is 5.92. The molecular formula is C19H22O2. The molecule has 0 saturated carbocycles. The van der Waals surface area contributed by atoms with Crippen molar-refractivity contribution in [1.82, 2.24) is 0 Å². The zero-order valence-electron chi connectivity index (χ0n) is 12.5. The van der Waals surface area contributed by atoms with E-state index in [1.807, 2.05) is 48.5 Å². The average molecular weight is 282 g/mol. The highest BCUT2D eigenvalue weighted by Crippen LogP contribution is 2.17. The Morgan fingerprint density at radius 1 is 1.05 bits per heavy atom. The molecule has 0 bridgehead atoms. The van der Waals surface area contributed by atoms with Gasteiger partial charge in [-0.3, -0.25) is 0 Å². The lowest BCUT2D eigenvalue weighted by atomic mass is 10.2. The fraction of sp³-hybridized carbons (Fsp3) is 0.263. The lowest BCUT2D eigenvalue weighted by Gasteiger charge is -2.19. The summed E-state index contributed by atoms with van der Waals surface area (Å²) in [5.41, 5.74) is 2.24. The fourth-order valence-electron chi connectivity index (χ4n) is 2.01. The number of hydrogen-bond acceptors (Lipinski definition) is 2. The third-order valence-corrected chi connectivity index (χ3v) is 3.19. The molecule has 0 fully saturated rings. The minimum absolute atomic E-state index is 0.218. The van der Waals surface area contributed by atoms with Crippen LogP contribution in [-0.2, 0) is 11.3 Å². The van der Waals surface area contributed by atoms with Crippen LogP contribution in [0.1, 0.15) is 30.9 Å². The number of hydrogen-bond donors (Lipinski definition) is 0. The highest BCUT2D eigenvalue weighted by molar-refractivity contribution is 5.48. The van der Waals surface area contributed by atoms with Crippen LogP contribution in [0.15, 0.2) is 61.2 Å². The third kappa shape index (κ3) is 5.09. The largest absolute Gasteiger partial charge is 0.465 e. The lowest BCUT2D eigenvalue weighted by Crippen LogP contribution is -2.20. The third-order valence-electron chi connectivity index (χ3n) is 3.19. The van der Waals surface area contributed by atoms with Gasteiger partial charge in [-0.15, -0.1) is 0 Å². The number of rotatable bonds is 8. The van der Waals surface area contributed by atoms with E-state index in [9.17, 15) is 0 Å². The molecule has 2 rings (SSSR count). The van der Waals surface area contributed by atoms with Crippen molar-refractivity contribution in [2.75, 3.05) is 0 Å². The first kappa shape index (κ1) is 15.3. The van der Waals surface area contributed by atoms with Gasteiger partial charge >= 0.3 is 0 Å². The molecule has 0 aliphatic carbocycles. The second-order valence-electron chi connectivity index (χ2n) is 4.91. The van der Waals surface area contributed by atoms with Gasteiger partial charge in [-0.2, -0.15) is 0 Å². The van der Waals surface area contributed by atoms with Gasteiger partial charge < -0.3 is 9.47 Å². The molecule has 0 spiro atoms. The van der Waals surface area contributed by atoms with Gasteiger partial charge in [0.2, 0.25) is 0 Å². The Labute approximate surface area is 127 Å². The van der Waals surface area contributed by atoms with Gasteiger partial charge in [-0.05, 0) is 23.3 Å². The lowest BCUT2D eigenvalue weighted by molar-refractivity contribution is -0.0936. The minimum Gasteiger partial charge on any atom is -0.465 e. The second-order valence-corrected chi connectivity index (χ2v) is 4.91. The molecule has 2 heteroatoms. The van der Waals surface area contributed by atoms with Crippen LogP contribution in [0.5, 0.6) is 5.75 Å². The summed E-state index contributed by atoms with van der Waals surface area (Å²) in [7, 11) is 0. The maximum atomic E-state index is 5.92. The zero-order valence-corrected chi connectivity index (χ0v) is 12.5. The Kier molecular flexibility index (Phi) is 6.04. The molecular weight excluding hydrogens is 260 g/mol. The predicted molar refractivity (Wildman–Crippen MR) is 87.1 cm³/mol. The van der Waals surface area contributed by atoms with Crippen LogP contribution in [0.4, 0.5) is 0 Å². The second kappa shape index (κ2) is 8.28. The first-order valence-corrected chi connectivity index (χ1v) is 7.36. The first-order valence-electron chi connectivity index (χ1n) is 7.36. The van der Waals surface area contributed by atoms with E-state index in [2.05, 4.69) is 25.6 Å². The highest BCUT2D eigenvalue weighted by Gasteiger charge is 2.10. The topological polar surface area (TPSA) is 18.5 Å². The molecule has 0 N–H and O–H groups in total. The van der Waals surface area contributed by atoms with Crippen molar-refractivity contribution in [3.8, 4) is 5.75 Å². The molecule has 1 unspecified atom stereocenters. The number of benzene rings is 2. The Morgan fingerprint density at radius 2 is 1.76 bits per heavy atom. The van der Waals surface area contributed by atoms with Gasteiger partial charge in [0.05, 0.1) is 6.61 Å².